The zero-order valence-electron chi connectivity index (χ0n) is 15.4. The standard InChI is InChI=1S/C20H26N2O4/c1-22-16-8-4-3-7-14(16)15(20(22)24)13-19(23)21-11-12-26-18-10-6-5-9-17(18)25-2/h5-6,9-10,16H,3-4,7-8,11-13H2,1-2H3,(H,21,23). The van der Waals surface area contributed by atoms with Gasteiger partial charge in [0.25, 0.3) is 5.91 Å². The van der Waals surface area contributed by atoms with Crippen LogP contribution in [-0.2, 0) is 9.59 Å². The second-order valence-electron chi connectivity index (χ2n) is 6.71. The largest absolute Gasteiger partial charge is 0.493 e. The summed E-state index contributed by atoms with van der Waals surface area (Å²) in [6, 6.07) is 7.59. The lowest BCUT2D eigenvalue weighted by atomic mass is 9.88. The summed E-state index contributed by atoms with van der Waals surface area (Å²) in [7, 11) is 3.43. The minimum Gasteiger partial charge on any atom is -0.493 e. The molecule has 1 saturated carbocycles. The van der Waals surface area contributed by atoms with Gasteiger partial charge in [0.05, 0.1) is 26.1 Å². The van der Waals surface area contributed by atoms with Crippen molar-refractivity contribution in [2.75, 3.05) is 27.3 Å². The molecule has 0 spiro atoms. The molecular formula is C20H26N2O4. The lowest BCUT2D eigenvalue weighted by molar-refractivity contribution is -0.127. The fourth-order valence-corrected chi connectivity index (χ4v) is 3.77. The molecule has 1 unspecified atom stereocenters. The van der Waals surface area contributed by atoms with Crippen LogP contribution in [0.25, 0.3) is 0 Å². The van der Waals surface area contributed by atoms with Crippen LogP contribution < -0.4 is 14.8 Å². The Kier molecular flexibility index (Phi) is 5.81. The fraction of sp³-hybridized carbons (Fsp3) is 0.500. The van der Waals surface area contributed by atoms with Crippen LogP contribution in [0.2, 0.25) is 0 Å². The molecule has 6 nitrogen and oxygen atoms in total. The molecule has 1 fully saturated rings. The van der Waals surface area contributed by atoms with Crippen LogP contribution in [0.5, 0.6) is 11.5 Å². The van der Waals surface area contributed by atoms with Gasteiger partial charge in [0.15, 0.2) is 11.5 Å². The van der Waals surface area contributed by atoms with E-state index in [0.29, 0.717) is 30.2 Å². The molecule has 1 aromatic rings. The third kappa shape index (κ3) is 3.84. The number of carbonyl (C=O) groups is 2. The van der Waals surface area contributed by atoms with Crippen molar-refractivity contribution in [2.24, 2.45) is 0 Å². The number of likely N-dealkylation sites (N-methyl/N-ethyl adjacent to an activating group) is 1. The van der Waals surface area contributed by atoms with Crippen LogP contribution in [0.3, 0.4) is 0 Å². The molecule has 1 atom stereocenters. The quantitative estimate of drug-likeness (QED) is 0.760. The smallest absolute Gasteiger partial charge is 0.250 e. The van der Waals surface area contributed by atoms with Crippen LogP contribution >= 0.6 is 0 Å². The van der Waals surface area contributed by atoms with Crippen molar-refractivity contribution >= 4 is 11.8 Å². The molecule has 0 saturated heterocycles. The number of ether oxygens (including phenoxy) is 2. The molecule has 2 amide bonds. The van der Waals surface area contributed by atoms with Crippen molar-refractivity contribution in [3.63, 3.8) is 0 Å². The first-order valence-electron chi connectivity index (χ1n) is 9.13. The lowest BCUT2D eigenvalue weighted by Gasteiger charge is -2.26. The van der Waals surface area contributed by atoms with Gasteiger partial charge in [-0.05, 0) is 37.0 Å². The van der Waals surface area contributed by atoms with E-state index in [1.807, 2.05) is 31.3 Å². The van der Waals surface area contributed by atoms with E-state index in [2.05, 4.69) is 5.32 Å². The average Bonchev–Trinajstić information content (AvgIpc) is 2.91. The van der Waals surface area contributed by atoms with Gasteiger partial charge in [-0.15, -0.1) is 0 Å². The minimum absolute atomic E-state index is 0.00678. The number of benzene rings is 1. The van der Waals surface area contributed by atoms with Gasteiger partial charge in [-0.1, -0.05) is 18.6 Å². The highest BCUT2D eigenvalue weighted by atomic mass is 16.5. The molecule has 3 rings (SSSR count). The first-order chi connectivity index (χ1) is 12.6. The van der Waals surface area contributed by atoms with E-state index >= 15 is 0 Å². The molecule has 140 valence electrons. The summed E-state index contributed by atoms with van der Waals surface area (Å²) >= 11 is 0. The number of fused-ring (bicyclic) bond motifs is 1. The summed E-state index contributed by atoms with van der Waals surface area (Å²) in [5.41, 5.74) is 1.87. The molecule has 0 bridgehead atoms. The number of nitrogens with zero attached hydrogens (tertiary/aromatic N) is 1. The predicted molar refractivity (Wildman–Crippen MR) is 98.2 cm³/mol. The third-order valence-electron chi connectivity index (χ3n) is 5.10. The number of carbonyl (C=O) groups excluding carboxylic acids is 2. The highest BCUT2D eigenvalue weighted by molar-refractivity contribution is 6.02. The van der Waals surface area contributed by atoms with E-state index in [-0.39, 0.29) is 24.3 Å². The fourth-order valence-electron chi connectivity index (χ4n) is 3.77. The zero-order chi connectivity index (χ0) is 18.5. The molecule has 1 heterocycles. The van der Waals surface area contributed by atoms with Crippen molar-refractivity contribution in [3.05, 3.63) is 35.4 Å². The number of nitrogens with one attached hydrogen (secondary N) is 1. The van der Waals surface area contributed by atoms with Gasteiger partial charge in [0.2, 0.25) is 5.91 Å². The van der Waals surface area contributed by atoms with Crippen molar-refractivity contribution < 1.29 is 19.1 Å². The van der Waals surface area contributed by atoms with Gasteiger partial charge < -0.3 is 19.7 Å². The molecule has 2 aliphatic rings. The topological polar surface area (TPSA) is 67.9 Å². The summed E-state index contributed by atoms with van der Waals surface area (Å²) in [5, 5.41) is 2.84. The summed E-state index contributed by atoms with van der Waals surface area (Å²) in [5.74, 6) is 1.18. The molecule has 26 heavy (non-hydrogen) atoms. The van der Waals surface area contributed by atoms with Gasteiger partial charge in [-0.2, -0.15) is 0 Å². The van der Waals surface area contributed by atoms with Gasteiger partial charge in [0, 0.05) is 12.6 Å². The van der Waals surface area contributed by atoms with Crippen LogP contribution in [-0.4, -0.2) is 50.1 Å². The van der Waals surface area contributed by atoms with Crippen LogP contribution in [0, 0.1) is 0 Å². The Morgan fingerprint density at radius 1 is 1.27 bits per heavy atom. The van der Waals surface area contributed by atoms with Crippen molar-refractivity contribution in [3.8, 4) is 11.5 Å². The number of rotatable bonds is 7. The second-order valence-corrected chi connectivity index (χ2v) is 6.71. The lowest BCUT2D eigenvalue weighted by Crippen LogP contribution is -2.33. The zero-order valence-corrected chi connectivity index (χ0v) is 15.4. The summed E-state index contributed by atoms with van der Waals surface area (Å²) in [4.78, 5) is 26.5. The SMILES string of the molecule is COc1ccccc1OCCNC(=O)CC1=C2CCCCC2N(C)C1=O. The number of amides is 2. The van der Waals surface area contributed by atoms with Gasteiger partial charge >= 0.3 is 0 Å². The summed E-state index contributed by atoms with van der Waals surface area (Å²) in [6.45, 7) is 0.724. The van der Waals surface area contributed by atoms with E-state index in [1.54, 1.807) is 12.0 Å². The number of hydrogen-bond acceptors (Lipinski definition) is 4. The first-order valence-corrected chi connectivity index (χ1v) is 9.13. The average molecular weight is 358 g/mol. The van der Waals surface area contributed by atoms with E-state index in [0.717, 1.165) is 25.7 Å². The maximum atomic E-state index is 12.4. The highest BCUT2D eigenvalue weighted by Crippen LogP contribution is 2.36. The minimum atomic E-state index is -0.135. The molecule has 0 radical (unpaired) electrons. The van der Waals surface area contributed by atoms with Crippen LogP contribution in [0.1, 0.15) is 32.1 Å². The highest BCUT2D eigenvalue weighted by Gasteiger charge is 2.38. The molecule has 1 aliphatic heterocycles. The summed E-state index contributed by atoms with van der Waals surface area (Å²) in [6.07, 6.45) is 4.34. The van der Waals surface area contributed by atoms with E-state index in [9.17, 15) is 9.59 Å². The molecule has 1 aromatic carbocycles. The Bertz CT molecular complexity index is 714. The van der Waals surface area contributed by atoms with E-state index in [4.69, 9.17) is 9.47 Å². The van der Waals surface area contributed by atoms with Crippen LogP contribution in [0.15, 0.2) is 35.4 Å². The molecular weight excluding hydrogens is 332 g/mol. The van der Waals surface area contributed by atoms with E-state index in [1.165, 1.54) is 5.57 Å². The molecule has 0 aromatic heterocycles. The normalized spacial score (nSPS) is 19.4. The maximum absolute atomic E-state index is 12.4. The van der Waals surface area contributed by atoms with E-state index < -0.39 is 0 Å². The van der Waals surface area contributed by atoms with Gasteiger partial charge in [-0.3, -0.25) is 9.59 Å². The van der Waals surface area contributed by atoms with Gasteiger partial charge in [0.1, 0.15) is 6.61 Å². The van der Waals surface area contributed by atoms with Crippen molar-refractivity contribution in [1.29, 1.82) is 0 Å². The molecule has 1 N–H and O–H groups in total. The monoisotopic (exact) mass is 358 g/mol. The molecule has 1 aliphatic carbocycles. The number of hydrogen-bond donors (Lipinski definition) is 1. The number of para-hydroxylation sites is 2. The van der Waals surface area contributed by atoms with Gasteiger partial charge in [-0.25, -0.2) is 0 Å². The Morgan fingerprint density at radius 2 is 2.04 bits per heavy atom. The molecule has 6 heteroatoms. The summed E-state index contributed by atoms with van der Waals surface area (Å²) < 4.78 is 10.9. The maximum Gasteiger partial charge on any atom is 0.250 e. The van der Waals surface area contributed by atoms with Crippen molar-refractivity contribution in [2.45, 2.75) is 38.1 Å². The predicted octanol–water partition coefficient (Wildman–Crippen LogP) is 2.29. The first kappa shape index (κ1) is 18.3. The Balaban J connectivity index is 1.49. The van der Waals surface area contributed by atoms with Crippen molar-refractivity contribution in [1.82, 2.24) is 10.2 Å². The Morgan fingerprint density at radius 3 is 2.81 bits per heavy atom. The Labute approximate surface area is 154 Å². The Hall–Kier alpha value is -2.50. The second kappa shape index (κ2) is 8.25. The number of methoxy groups -OCH3 is 1. The third-order valence-corrected chi connectivity index (χ3v) is 5.10. The van der Waals surface area contributed by atoms with Crippen LogP contribution in [0.4, 0.5) is 0 Å².